The highest BCUT2D eigenvalue weighted by Gasteiger charge is 2.34. The maximum absolute atomic E-state index is 12.5. The number of nitrogens with zero attached hydrogens (tertiary/aromatic N) is 1. The maximum atomic E-state index is 12.5. The summed E-state index contributed by atoms with van der Waals surface area (Å²) in [5.74, 6) is 0.620. The Hall–Kier alpha value is -1.07. The van der Waals surface area contributed by atoms with Crippen LogP contribution in [0.1, 0.15) is 24.0 Å². The van der Waals surface area contributed by atoms with Gasteiger partial charge in [0.2, 0.25) is 0 Å². The van der Waals surface area contributed by atoms with Crippen molar-refractivity contribution >= 4 is 0 Å². The van der Waals surface area contributed by atoms with Crippen LogP contribution in [0.4, 0.5) is 13.2 Å². The predicted molar refractivity (Wildman–Crippen MR) is 69.2 cm³/mol. The molecule has 5 heteroatoms. The molecule has 2 bridgehead atoms. The first-order valence-corrected chi connectivity index (χ1v) is 7.02. The fourth-order valence-corrected chi connectivity index (χ4v) is 3.09. The molecule has 0 amide bonds. The lowest BCUT2D eigenvalue weighted by Gasteiger charge is -2.44. The second-order valence-electron chi connectivity index (χ2n) is 5.68. The van der Waals surface area contributed by atoms with Crippen molar-refractivity contribution in [2.45, 2.75) is 31.7 Å². The number of hydrogen-bond donors (Lipinski definition) is 0. The zero-order chi connectivity index (χ0) is 14.2. The van der Waals surface area contributed by atoms with Crippen molar-refractivity contribution in [3.05, 3.63) is 35.4 Å². The number of benzene rings is 1. The highest BCUT2D eigenvalue weighted by Crippen LogP contribution is 2.31. The van der Waals surface area contributed by atoms with Gasteiger partial charge in [0, 0.05) is 6.54 Å². The Bertz CT molecular complexity index is 449. The molecule has 0 saturated carbocycles. The zero-order valence-electron chi connectivity index (χ0n) is 11.2. The van der Waals surface area contributed by atoms with E-state index >= 15 is 0 Å². The number of fused-ring (bicyclic) bond motifs is 3. The monoisotopic (exact) mass is 285 g/mol. The molecule has 0 spiro atoms. The van der Waals surface area contributed by atoms with Gasteiger partial charge in [0.1, 0.15) is 0 Å². The van der Waals surface area contributed by atoms with Gasteiger partial charge in [-0.3, -0.25) is 0 Å². The van der Waals surface area contributed by atoms with Gasteiger partial charge >= 0.3 is 6.18 Å². The van der Waals surface area contributed by atoms with Crippen LogP contribution in [0.15, 0.2) is 24.3 Å². The summed E-state index contributed by atoms with van der Waals surface area (Å²) in [7, 11) is 0. The molecule has 3 aliphatic rings. The molecular weight excluding hydrogens is 267 g/mol. The SMILES string of the molecule is FC(F)(F)c1ccc(COC2CN3CCC2CC3)cc1. The highest BCUT2D eigenvalue weighted by atomic mass is 19.4. The van der Waals surface area contributed by atoms with Gasteiger partial charge in [0.25, 0.3) is 0 Å². The van der Waals surface area contributed by atoms with E-state index in [1.807, 2.05) is 0 Å². The molecule has 1 aromatic carbocycles. The quantitative estimate of drug-likeness (QED) is 0.844. The van der Waals surface area contributed by atoms with Gasteiger partial charge in [0.15, 0.2) is 0 Å². The molecule has 1 unspecified atom stereocenters. The van der Waals surface area contributed by atoms with Crippen LogP contribution in [-0.2, 0) is 17.5 Å². The molecule has 0 aromatic heterocycles. The summed E-state index contributed by atoms with van der Waals surface area (Å²) in [6, 6.07) is 5.25. The van der Waals surface area contributed by atoms with E-state index < -0.39 is 11.7 Å². The average molecular weight is 285 g/mol. The number of hydrogen-bond acceptors (Lipinski definition) is 2. The second kappa shape index (κ2) is 5.37. The van der Waals surface area contributed by atoms with Gasteiger partial charge in [-0.25, -0.2) is 0 Å². The molecule has 3 heterocycles. The van der Waals surface area contributed by atoms with Crippen molar-refractivity contribution < 1.29 is 17.9 Å². The fourth-order valence-electron chi connectivity index (χ4n) is 3.09. The van der Waals surface area contributed by atoms with E-state index in [4.69, 9.17) is 4.74 Å². The number of ether oxygens (including phenoxy) is 1. The molecule has 2 nitrogen and oxygen atoms in total. The fraction of sp³-hybridized carbons (Fsp3) is 0.600. The zero-order valence-corrected chi connectivity index (χ0v) is 11.2. The van der Waals surface area contributed by atoms with Gasteiger partial charge in [0.05, 0.1) is 18.3 Å². The third-order valence-electron chi connectivity index (χ3n) is 4.34. The summed E-state index contributed by atoms with van der Waals surface area (Å²) in [5.41, 5.74) is 0.193. The van der Waals surface area contributed by atoms with Crippen LogP contribution in [0.3, 0.4) is 0 Å². The number of alkyl halides is 3. The van der Waals surface area contributed by atoms with Crippen LogP contribution >= 0.6 is 0 Å². The molecule has 3 saturated heterocycles. The van der Waals surface area contributed by atoms with Gasteiger partial charge in [-0.2, -0.15) is 13.2 Å². The molecule has 3 aliphatic heterocycles. The number of rotatable bonds is 3. The lowest BCUT2D eigenvalue weighted by Crippen LogP contribution is -2.51. The summed E-state index contributed by atoms with van der Waals surface area (Å²) < 4.78 is 43.3. The summed E-state index contributed by atoms with van der Waals surface area (Å²) in [6.45, 7) is 3.67. The Morgan fingerprint density at radius 2 is 1.75 bits per heavy atom. The van der Waals surface area contributed by atoms with Crippen molar-refractivity contribution in [1.82, 2.24) is 4.90 Å². The van der Waals surface area contributed by atoms with Crippen LogP contribution < -0.4 is 0 Å². The van der Waals surface area contributed by atoms with E-state index in [0.717, 1.165) is 37.3 Å². The van der Waals surface area contributed by atoms with E-state index in [9.17, 15) is 13.2 Å². The molecule has 3 fully saturated rings. The van der Waals surface area contributed by atoms with E-state index in [1.165, 1.54) is 25.0 Å². The van der Waals surface area contributed by atoms with E-state index in [1.54, 1.807) is 0 Å². The molecule has 0 radical (unpaired) electrons. The van der Waals surface area contributed by atoms with E-state index in [-0.39, 0.29) is 6.10 Å². The third kappa shape index (κ3) is 2.99. The topological polar surface area (TPSA) is 12.5 Å². The van der Waals surface area contributed by atoms with Gasteiger partial charge in [-0.1, -0.05) is 12.1 Å². The molecule has 1 atom stereocenters. The minimum absolute atomic E-state index is 0.236. The van der Waals surface area contributed by atoms with Crippen LogP contribution in [0, 0.1) is 5.92 Å². The van der Waals surface area contributed by atoms with Crippen molar-refractivity contribution in [1.29, 1.82) is 0 Å². The summed E-state index contributed by atoms with van der Waals surface area (Å²) in [5, 5.41) is 0. The average Bonchev–Trinajstić information content (AvgIpc) is 2.46. The van der Waals surface area contributed by atoms with Gasteiger partial charge < -0.3 is 9.64 Å². The van der Waals surface area contributed by atoms with Gasteiger partial charge in [-0.05, 0) is 49.5 Å². The third-order valence-corrected chi connectivity index (χ3v) is 4.34. The van der Waals surface area contributed by atoms with Crippen LogP contribution in [0.25, 0.3) is 0 Å². The van der Waals surface area contributed by atoms with Crippen molar-refractivity contribution in [3.8, 4) is 0 Å². The normalized spacial score (nSPS) is 29.6. The second-order valence-corrected chi connectivity index (χ2v) is 5.68. The van der Waals surface area contributed by atoms with E-state index in [0.29, 0.717) is 12.5 Å². The first-order valence-electron chi connectivity index (χ1n) is 7.02. The predicted octanol–water partition coefficient (Wildman–Crippen LogP) is 3.32. The largest absolute Gasteiger partial charge is 0.416 e. The smallest absolute Gasteiger partial charge is 0.372 e. The maximum Gasteiger partial charge on any atom is 0.416 e. The number of piperidine rings is 3. The lowest BCUT2D eigenvalue weighted by molar-refractivity contribution is -0.137. The minimum atomic E-state index is -4.27. The molecule has 20 heavy (non-hydrogen) atoms. The highest BCUT2D eigenvalue weighted by molar-refractivity contribution is 5.24. The Balaban J connectivity index is 1.56. The van der Waals surface area contributed by atoms with Crippen molar-refractivity contribution in [3.63, 3.8) is 0 Å². The van der Waals surface area contributed by atoms with Crippen molar-refractivity contribution in [2.24, 2.45) is 5.92 Å². The lowest BCUT2D eigenvalue weighted by atomic mass is 9.86. The van der Waals surface area contributed by atoms with Crippen LogP contribution in [-0.4, -0.2) is 30.6 Å². The van der Waals surface area contributed by atoms with Crippen LogP contribution in [0.5, 0.6) is 0 Å². The summed E-state index contributed by atoms with van der Waals surface area (Å²) in [6.07, 6.45) is -1.68. The molecule has 0 aliphatic carbocycles. The summed E-state index contributed by atoms with van der Waals surface area (Å²) >= 11 is 0. The molecule has 1 aromatic rings. The molecular formula is C15H18F3NO. The Kier molecular flexibility index (Phi) is 3.73. The minimum Gasteiger partial charge on any atom is -0.372 e. The Labute approximate surface area is 116 Å². The van der Waals surface area contributed by atoms with Crippen LogP contribution in [0.2, 0.25) is 0 Å². The summed E-state index contributed by atoms with van der Waals surface area (Å²) in [4.78, 5) is 2.40. The van der Waals surface area contributed by atoms with Crippen molar-refractivity contribution in [2.75, 3.05) is 19.6 Å². The standard InChI is InChI=1S/C15H18F3NO/c16-15(17,18)13-3-1-11(2-4-13)10-20-14-9-19-7-5-12(14)6-8-19/h1-4,12,14H,5-10H2. The Morgan fingerprint density at radius 1 is 1.10 bits per heavy atom. The van der Waals surface area contributed by atoms with Gasteiger partial charge in [-0.15, -0.1) is 0 Å². The first-order chi connectivity index (χ1) is 9.52. The molecule has 0 N–H and O–H groups in total. The first kappa shape index (κ1) is 13.9. The van der Waals surface area contributed by atoms with E-state index in [2.05, 4.69) is 4.90 Å². The molecule has 110 valence electrons. The molecule has 4 rings (SSSR count). The Morgan fingerprint density at radius 3 is 2.25 bits per heavy atom. The number of halogens is 3.